The lowest BCUT2D eigenvalue weighted by atomic mass is 10.2. The standard InChI is InChI=1S/C18H21NO4S/c1-4-23-18(20)13-19(16-7-5-6-15(3)12-16)24(21,22)17-10-8-14(2)9-11-17/h5-12H,4,13H2,1-3H3. The molecule has 0 radical (unpaired) electrons. The molecule has 0 aliphatic rings. The summed E-state index contributed by atoms with van der Waals surface area (Å²) in [6.45, 7) is 5.26. The first-order valence-corrected chi connectivity index (χ1v) is 9.10. The molecular formula is C18H21NO4S. The van der Waals surface area contributed by atoms with Gasteiger partial charge in [0, 0.05) is 0 Å². The van der Waals surface area contributed by atoms with E-state index in [1.54, 1.807) is 49.4 Å². The van der Waals surface area contributed by atoms with E-state index in [4.69, 9.17) is 4.74 Å². The highest BCUT2D eigenvalue weighted by Gasteiger charge is 2.27. The molecule has 0 unspecified atom stereocenters. The average molecular weight is 347 g/mol. The minimum atomic E-state index is -3.87. The summed E-state index contributed by atoms with van der Waals surface area (Å²) in [4.78, 5) is 12.1. The molecular weight excluding hydrogens is 326 g/mol. The quantitative estimate of drug-likeness (QED) is 0.754. The van der Waals surface area contributed by atoms with Gasteiger partial charge in [0.2, 0.25) is 0 Å². The number of ether oxygens (including phenoxy) is 1. The molecule has 2 aromatic rings. The zero-order valence-corrected chi connectivity index (χ0v) is 14.8. The minimum absolute atomic E-state index is 0.138. The van der Waals surface area contributed by atoms with Gasteiger partial charge in [0.05, 0.1) is 17.2 Å². The average Bonchev–Trinajstić information content (AvgIpc) is 2.53. The number of hydrogen-bond donors (Lipinski definition) is 0. The van der Waals surface area contributed by atoms with Gasteiger partial charge >= 0.3 is 5.97 Å². The Kier molecular flexibility index (Phi) is 5.62. The van der Waals surface area contributed by atoms with Crippen LogP contribution in [-0.4, -0.2) is 27.5 Å². The number of carbonyl (C=O) groups is 1. The summed E-state index contributed by atoms with van der Waals surface area (Å²) in [6.07, 6.45) is 0. The van der Waals surface area contributed by atoms with Crippen LogP contribution >= 0.6 is 0 Å². The SMILES string of the molecule is CCOC(=O)CN(c1cccc(C)c1)S(=O)(=O)c1ccc(C)cc1. The second kappa shape index (κ2) is 7.49. The third-order valence-corrected chi connectivity index (χ3v) is 5.26. The molecule has 0 saturated heterocycles. The molecule has 2 rings (SSSR count). The van der Waals surface area contributed by atoms with Crippen molar-refractivity contribution in [3.8, 4) is 0 Å². The van der Waals surface area contributed by atoms with Crippen LogP contribution in [0, 0.1) is 13.8 Å². The molecule has 128 valence electrons. The van der Waals surface area contributed by atoms with E-state index in [1.807, 2.05) is 19.9 Å². The van der Waals surface area contributed by atoms with Crippen LogP contribution < -0.4 is 4.31 Å². The maximum atomic E-state index is 13.0. The van der Waals surface area contributed by atoms with E-state index in [9.17, 15) is 13.2 Å². The van der Waals surface area contributed by atoms with Gasteiger partial charge in [-0.2, -0.15) is 0 Å². The van der Waals surface area contributed by atoms with E-state index in [0.29, 0.717) is 5.69 Å². The van der Waals surface area contributed by atoms with E-state index < -0.39 is 16.0 Å². The zero-order chi connectivity index (χ0) is 17.7. The number of aryl methyl sites for hydroxylation is 2. The summed E-state index contributed by atoms with van der Waals surface area (Å²) in [5.41, 5.74) is 2.30. The normalized spacial score (nSPS) is 11.1. The zero-order valence-electron chi connectivity index (χ0n) is 14.0. The summed E-state index contributed by atoms with van der Waals surface area (Å²) in [6, 6.07) is 13.6. The fourth-order valence-corrected chi connectivity index (χ4v) is 3.66. The number of anilines is 1. The number of esters is 1. The topological polar surface area (TPSA) is 63.7 Å². The Morgan fingerprint density at radius 2 is 1.71 bits per heavy atom. The molecule has 0 spiro atoms. The van der Waals surface area contributed by atoms with E-state index in [-0.39, 0.29) is 18.0 Å². The van der Waals surface area contributed by atoms with Crippen LogP contribution in [0.25, 0.3) is 0 Å². The van der Waals surface area contributed by atoms with Crippen LogP contribution in [-0.2, 0) is 19.6 Å². The molecule has 0 aliphatic carbocycles. The first-order chi connectivity index (χ1) is 11.3. The van der Waals surface area contributed by atoms with Crippen LogP contribution in [0.5, 0.6) is 0 Å². The highest BCUT2D eigenvalue weighted by atomic mass is 32.2. The highest BCUT2D eigenvalue weighted by molar-refractivity contribution is 7.92. The molecule has 0 bridgehead atoms. The van der Waals surface area contributed by atoms with Crippen molar-refractivity contribution in [2.24, 2.45) is 0 Å². The first-order valence-electron chi connectivity index (χ1n) is 7.66. The predicted octanol–water partition coefficient (Wildman–Crippen LogP) is 3.06. The Bertz CT molecular complexity index is 813. The van der Waals surface area contributed by atoms with Crippen molar-refractivity contribution in [1.29, 1.82) is 0 Å². The van der Waals surface area contributed by atoms with Crippen LogP contribution in [0.3, 0.4) is 0 Å². The van der Waals surface area contributed by atoms with Crippen molar-refractivity contribution in [2.45, 2.75) is 25.7 Å². The number of carbonyl (C=O) groups excluding carboxylic acids is 1. The lowest BCUT2D eigenvalue weighted by Gasteiger charge is -2.24. The van der Waals surface area contributed by atoms with Gasteiger partial charge in [0.1, 0.15) is 6.54 Å². The summed E-state index contributed by atoms with van der Waals surface area (Å²) in [5, 5.41) is 0. The van der Waals surface area contributed by atoms with Crippen LogP contribution in [0.15, 0.2) is 53.4 Å². The molecule has 0 aromatic heterocycles. The van der Waals surface area contributed by atoms with Crippen LogP contribution in [0.4, 0.5) is 5.69 Å². The van der Waals surface area contributed by atoms with Crippen molar-refractivity contribution in [1.82, 2.24) is 0 Å². The van der Waals surface area contributed by atoms with E-state index in [2.05, 4.69) is 0 Å². The molecule has 0 saturated carbocycles. The third kappa shape index (κ3) is 4.14. The van der Waals surface area contributed by atoms with Crippen molar-refractivity contribution in [2.75, 3.05) is 17.5 Å². The second-order valence-electron chi connectivity index (χ2n) is 5.47. The van der Waals surface area contributed by atoms with E-state index in [1.165, 1.54) is 0 Å². The largest absolute Gasteiger partial charge is 0.465 e. The lowest BCUT2D eigenvalue weighted by molar-refractivity contribution is -0.141. The van der Waals surface area contributed by atoms with Gasteiger partial charge in [-0.3, -0.25) is 9.10 Å². The Hall–Kier alpha value is -2.34. The minimum Gasteiger partial charge on any atom is -0.465 e. The van der Waals surface area contributed by atoms with Crippen LogP contribution in [0.1, 0.15) is 18.1 Å². The lowest BCUT2D eigenvalue weighted by Crippen LogP contribution is -2.36. The number of hydrogen-bond acceptors (Lipinski definition) is 4. The molecule has 2 aromatic carbocycles. The summed E-state index contributed by atoms with van der Waals surface area (Å²) >= 11 is 0. The smallest absolute Gasteiger partial charge is 0.326 e. The molecule has 0 heterocycles. The third-order valence-electron chi connectivity index (χ3n) is 3.48. The van der Waals surface area contributed by atoms with Gasteiger partial charge in [-0.1, -0.05) is 29.8 Å². The van der Waals surface area contributed by atoms with E-state index in [0.717, 1.165) is 15.4 Å². The summed E-state index contributed by atoms with van der Waals surface area (Å²) < 4.78 is 32.0. The maximum absolute atomic E-state index is 13.0. The van der Waals surface area contributed by atoms with Gasteiger partial charge in [-0.25, -0.2) is 8.42 Å². The van der Waals surface area contributed by atoms with Crippen molar-refractivity contribution >= 4 is 21.7 Å². The fourth-order valence-electron chi connectivity index (χ4n) is 2.26. The number of rotatable bonds is 6. The molecule has 0 N–H and O–H groups in total. The number of nitrogens with zero attached hydrogens (tertiary/aromatic N) is 1. The maximum Gasteiger partial charge on any atom is 0.326 e. The van der Waals surface area contributed by atoms with Gasteiger partial charge in [-0.05, 0) is 50.6 Å². The van der Waals surface area contributed by atoms with Crippen molar-refractivity contribution < 1.29 is 17.9 Å². The highest BCUT2D eigenvalue weighted by Crippen LogP contribution is 2.24. The molecule has 0 atom stereocenters. The Labute approximate surface area is 142 Å². The monoisotopic (exact) mass is 347 g/mol. The predicted molar refractivity (Wildman–Crippen MR) is 93.5 cm³/mol. The Morgan fingerprint density at radius 1 is 1.04 bits per heavy atom. The Morgan fingerprint density at radius 3 is 2.29 bits per heavy atom. The molecule has 5 nitrogen and oxygen atoms in total. The van der Waals surface area contributed by atoms with E-state index >= 15 is 0 Å². The second-order valence-corrected chi connectivity index (χ2v) is 7.33. The van der Waals surface area contributed by atoms with Gasteiger partial charge in [-0.15, -0.1) is 0 Å². The summed E-state index contributed by atoms with van der Waals surface area (Å²) in [7, 11) is -3.87. The molecule has 0 fully saturated rings. The van der Waals surface area contributed by atoms with Gasteiger partial charge < -0.3 is 4.74 Å². The van der Waals surface area contributed by atoms with Gasteiger partial charge in [0.15, 0.2) is 0 Å². The number of sulfonamides is 1. The van der Waals surface area contributed by atoms with Crippen molar-refractivity contribution in [3.05, 3.63) is 59.7 Å². The summed E-state index contributed by atoms with van der Waals surface area (Å²) in [5.74, 6) is -0.588. The first kappa shape index (κ1) is 18.0. The fraction of sp³-hybridized carbons (Fsp3) is 0.278. The Balaban J connectivity index is 2.48. The molecule has 0 amide bonds. The molecule has 0 aliphatic heterocycles. The molecule has 6 heteroatoms. The number of benzene rings is 2. The van der Waals surface area contributed by atoms with Gasteiger partial charge in [0.25, 0.3) is 10.0 Å². The molecule has 24 heavy (non-hydrogen) atoms. The van der Waals surface area contributed by atoms with Crippen LogP contribution in [0.2, 0.25) is 0 Å². The van der Waals surface area contributed by atoms with Crippen molar-refractivity contribution in [3.63, 3.8) is 0 Å².